The maximum Gasteiger partial charge on any atom is 0.306 e. The van der Waals surface area contributed by atoms with E-state index in [1.807, 2.05) is 33.0 Å². The van der Waals surface area contributed by atoms with Gasteiger partial charge in [-0.25, -0.2) is 19.6 Å². The van der Waals surface area contributed by atoms with Crippen LogP contribution < -0.4 is 14.8 Å². The number of nitrogens with zero attached hydrogens (tertiary/aromatic N) is 6. The van der Waals surface area contributed by atoms with E-state index in [-0.39, 0.29) is 12.0 Å². The minimum atomic E-state index is -0.752. The van der Waals surface area contributed by atoms with Crippen molar-refractivity contribution < 1.29 is 19.4 Å². The number of carboxylic acids is 1. The Morgan fingerprint density at radius 2 is 2.15 bits per heavy atom. The first-order chi connectivity index (χ1) is 16.4. The number of carboxylic acid groups (broad SMARTS) is 1. The Hall–Kier alpha value is -3.76. The quantitative estimate of drug-likeness (QED) is 0.483. The van der Waals surface area contributed by atoms with Crippen LogP contribution in [0.1, 0.15) is 44.0 Å². The number of aliphatic carboxylic acids is 1. The monoisotopic (exact) mass is 467 g/mol. The molecule has 4 rings (SSSR count). The van der Waals surface area contributed by atoms with Gasteiger partial charge in [-0.1, -0.05) is 5.21 Å². The van der Waals surface area contributed by atoms with Gasteiger partial charge in [0.1, 0.15) is 23.6 Å². The SMILES string of the molecule is CCOc1cc(NCc2c(-c3ccc(O[C@H]4CCC[C@H](C(=O)O)C4)c(C)n3)nnn2C)ncn1. The fourth-order valence-corrected chi connectivity index (χ4v) is 4.07. The summed E-state index contributed by atoms with van der Waals surface area (Å²) in [6.07, 6.45) is 4.25. The third kappa shape index (κ3) is 5.41. The lowest BCUT2D eigenvalue weighted by Crippen LogP contribution is -2.29. The van der Waals surface area contributed by atoms with Crippen molar-refractivity contribution in [2.45, 2.75) is 52.2 Å². The first-order valence-corrected chi connectivity index (χ1v) is 11.4. The molecule has 34 heavy (non-hydrogen) atoms. The van der Waals surface area contributed by atoms with Gasteiger partial charge in [-0.2, -0.15) is 0 Å². The van der Waals surface area contributed by atoms with E-state index in [9.17, 15) is 9.90 Å². The van der Waals surface area contributed by atoms with Gasteiger partial charge in [-0.3, -0.25) is 4.79 Å². The van der Waals surface area contributed by atoms with E-state index in [4.69, 9.17) is 14.5 Å². The van der Waals surface area contributed by atoms with E-state index in [0.717, 1.165) is 24.2 Å². The maximum absolute atomic E-state index is 11.3. The average Bonchev–Trinajstić information content (AvgIpc) is 3.20. The number of ether oxygens (including phenoxy) is 2. The first kappa shape index (κ1) is 23.4. The fraction of sp³-hybridized carbons (Fsp3) is 0.478. The molecule has 11 heteroatoms. The number of hydrogen-bond acceptors (Lipinski definition) is 9. The summed E-state index contributed by atoms with van der Waals surface area (Å²) < 4.78 is 13.2. The summed E-state index contributed by atoms with van der Waals surface area (Å²) in [6.45, 7) is 4.73. The number of hydrogen-bond donors (Lipinski definition) is 2. The largest absolute Gasteiger partial charge is 0.489 e. The Bertz CT molecular complexity index is 1150. The Balaban J connectivity index is 1.47. The van der Waals surface area contributed by atoms with Crippen LogP contribution in [0.5, 0.6) is 11.6 Å². The summed E-state index contributed by atoms with van der Waals surface area (Å²) in [5.74, 6) is 0.695. The smallest absolute Gasteiger partial charge is 0.306 e. The molecule has 0 radical (unpaired) electrons. The molecule has 1 fully saturated rings. The third-order valence-electron chi connectivity index (χ3n) is 5.86. The summed E-state index contributed by atoms with van der Waals surface area (Å²) in [5.41, 5.74) is 2.90. The molecule has 3 aromatic rings. The van der Waals surface area contributed by atoms with Crippen LogP contribution in [0.2, 0.25) is 0 Å². The summed E-state index contributed by atoms with van der Waals surface area (Å²) in [4.78, 5) is 24.3. The van der Waals surface area contributed by atoms with Crippen molar-refractivity contribution in [1.29, 1.82) is 0 Å². The Kier molecular flexibility index (Phi) is 7.19. The maximum atomic E-state index is 11.3. The van der Waals surface area contributed by atoms with Crippen LogP contribution in [0.3, 0.4) is 0 Å². The lowest BCUT2D eigenvalue weighted by Gasteiger charge is -2.27. The summed E-state index contributed by atoms with van der Waals surface area (Å²) >= 11 is 0. The number of pyridine rings is 1. The molecule has 1 aliphatic carbocycles. The molecular weight excluding hydrogens is 438 g/mol. The van der Waals surface area contributed by atoms with Gasteiger partial charge in [-0.15, -0.1) is 5.10 Å². The highest BCUT2D eigenvalue weighted by Gasteiger charge is 2.28. The van der Waals surface area contributed by atoms with Crippen molar-refractivity contribution >= 4 is 11.8 Å². The molecule has 0 spiro atoms. The van der Waals surface area contributed by atoms with Crippen molar-refractivity contribution in [3.05, 3.63) is 35.9 Å². The molecule has 180 valence electrons. The van der Waals surface area contributed by atoms with E-state index in [2.05, 4.69) is 25.6 Å². The van der Waals surface area contributed by atoms with Gasteiger partial charge in [0.05, 0.1) is 42.3 Å². The van der Waals surface area contributed by atoms with E-state index in [1.54, 1.807) is 10.7 Å². The van der Waals surface area contributed by atoms with Crippen LogP contribution in [0.4, 0.5) is 5.82 Å². The van der Waals surface area contributed by atoms with E-state index in [0.29, 0.717) is 54.8 Å². The molecule has 3 heterocycles. The number of carbonyl (C=O) groups is 1. The van der Waals surface area contributed by atoms with Gasteiger partial charge in [0.15, 0.2) is 0 Å². The normalized spacial score (nSPS) is 17.9. The van der Waals surface area contributed by atoms with Crippen LogP contribution >= 0.6 is 0 Å². The fourth-order valence-electron chi connectivity index (χ4n) is 4.07. The van der Waals surface area contributed by atoms with Gasteiger partial charge >= 0.3 is 5.97 Å². The zero-order valence-corrected chi connectivity index (χ0v) is 19.6. The average molecular weight is 468 g/mol. The molecule has 3 aromatic heterocycles. The van der Waals surface area contributed by atoms with E-state index in [1.165, 1.54) is 6.33 Å². The predicted octanol–water partition coefficient (Wildman–Crippen LogP) is 3.01. The predicted molar refractivity (Wildman–Crippen MR) is 124 cm³/mol. The van der Waals surface area contributed by atoms with Gasteiger partial charge in [0.2, 0.25) is 5.88 Å². The molecule has 0 unspecified atom stereocenters. The van der Waals surface area contributed by atoms with Gasteiger partial charge in [-0.05, 0) is 51.7 Å². The van der Waals surface area contributed by atoms with E-state index >= 15 is 0 Å². The van der Waals surface area contributed by atoms with Crippen LogP contribution in [-0.4, -0.2) is 53.7 Å². The molecule has 0 saturated heterocycles. The minimum Gasteiger partial charge on any atom is -0.489 e. The van der Waals surface area contributed by atoms with E-state index < -0.39 is 5.97 Å². The third-order valence-corrected chi connectivity index (χ3v) is 5.86. The highest BCUT2D eigenvalue weighted by molar-refractivity contribution is 5.70. The minimum absolute atomic E-state index is 0.119. The van der Waals surface area contributed by atoms with Crippen molar-refractivity contribution in [2.24, 2.45) is 13.0 Å². The summed E-state index contributed by atoms with van der Waals surface area (Å²) in [7, 11) is 1.82. The van der Waals surface area contributed by atoms with Crippen LogP contribution in [0.25, 0.3) is 11.4 Å². The zero-order chi connectivity index (χ0) is 24.1. The molecule has 0 aromatic carbocycles. The molecule has 1 aliphatic rings. The van der Waals surface area contributed by atoms with Crippen LogP contribution in [0.15, 0.2) is 24.5 Å². The molecular formula is C23H29N7O4. The van der Waals surface area contributed by atoms with Gasteiger partial charge in [0.25, 0.3) is 0 Å². The number of nitrogens with one attached hydrogen (secondary N) is 1. The lowest BCUT2D eigenvalue weighted by molar-refractivity contribution is -0.143. The number of aryl methyl sites for hydroxylation is 2. The molecule has 2 atom stereocenters. The standard InChI is InChI=1S/C23H29N7O4/c1-4-33-21-11-20(25-13-26-21)24-12-18-22(28-29-30(18)3)17-8-9-19(14(2)27-17)34-16-7-5-6-15(10-16)23(31)32/h8-9,11,13,15-16H,4-7,10,12H2,1-3H3,(H,31,32)(H,24,25,26)/t15-,16-/m0/s1. The molecule has 2 N–H and O–H groups in total. The Morgan fingerprint density at radius 1 is 1.29 bits per heavy atom. The van der Waals surface area contributed by atoms with Crippen molar-refractivity contribution in [3.8, 4) is 23.0 Å². The van der Waals surface area contributed by atoms with Crippen molar-refractivity contribution in [3.63, 3.8) is 0 Å². The first-order valence-electron chi connectivity index (χ1n) is 11.4. The number of aromatic nitrogens is 6. The second-order valence-corrected chi connectivity index (χ2v) is 8.26. The second kappa shape index (κ2) is 10.4. The van der Waals surface area contributed by atoms with Crippen molar-refractivity contribution in [1.82, 2.24) is 29.9 Å². The number of rotatable bonds is 9. The Labute approximate surface area is 197 Å². The van der Waals surface area contributed by atoms with Gasteiger partial charge < -0.3 is 19.9 Å². The zero-order valence-electron chi connectivity index (χ0n) is 19.6. The van der Waals surface area contributed by atoms with Gasteiger partial charge in [0, 0.05) is 13.1 Å². The lowest BCUT2D eigenvalue weighted by atomic mass is 9.87. The summed E-state index contributed by atoms with van der Waals surface area (Å²) in [5, 5.41) is 21.1. The second-order valence-electron chi connectivity index (χ2n) is 8.26. The number of anilines is 1. The molecule has 11 nitrogen and oxygen atoms in total. The highest BCUT2D eigenvalue weighted by atomic mass is 16.5. The summed E-state index contributed by atoms with van der Waals surface area (Å²) in [6, 6.07) is 5.46. The Morgan fingerprint density at radius 3 is 2.91 bits per heavy atom. The van der Waals surface area contributed by atoms with Crippen LogP contribution in [-0.2, 0) is 18.4 Å². The van der Waals surface area contributed by atoms with Crippen molar-refractivity contribution in [2.75, 3.05) is 11.9 Å². The molecule has 0 bridgehead atoms. The highest BCUT2D eigenvalue weighted by Crippen LogP contribution is 2.30. The van der Waals surface area contributed by atoms with Crippen LogP contribution in [0, 0.1) is 12.8 Å². The molecule has 0 amide bonds. The molecule has 1 saturated carbocycles. The molecule has 0 aliphatic heterocycles. The topological polar surface area (TPSA) is 137 Å².